The van der Waals surface area contributed by atoms with Crippen LogP contribution >= 0.6 is 15.9 Å². The molecule has 0 unspecified atom stereocenters. The molecule has 0 radical (unpaired) electrons. The summed E-state index contributed by atoms with van der Waals surface area (Å²) < 4.78 is 0. The summed E-state index contributed by atoms with van der Waals surface area (Å²) in [4.78, 5) is 4.67. The van der Waals surface area contributed by atoms with Gasteiger partial charge in [0.05, 0.1) is 11.2 Å². The molecule has 1 nitrogen and oxygen atoms in total. The molecule has 2 aromatic rings. The smallest absolute Gasteiger partial charge is 0.0740 e. The molecule has 2 rings (SSSR count). The van der Waals surface area contributed by atoms with Crippen LogP contribution in [0.15, 0.2) is 30.3 Å². The molecule has 0 fully saturated rings. The zero-order valence-corrected chi connectivity index (χ0v) is 10.6. The van der Waals surface area contributed by atoms with Crippen LogP contribution in [0.3, 0.4) is 0 Å². The van der Waals surface area contributed by atoms with Crippen molar-refractivity contribution >= 4 is 26.8 Å². The van der Waals surface area contributed by atoms with E-state index < -0.39 is 0 Å². The van der Waals surface area contributed by atoms with E-state index in [1.807, 2.05) is 0 Å². The first-order chi connectivity index (χ1) is 7.22. The van der Waals surface area contributed by atoms with E-state index in [2.05, 4.69) is 65.1 Å². The number of halogens is 1. The Kier molecular flexibility index (Phi) is 3.06. The molecule has 15 heavy (non-hydrogen) atoms. The average Bonchev–Trinajstić information content (AvgIpc) is 2.27. The van der Waals surface area contributed by atoms with Crippen molar-refractivity contribution in [2.45, 2.75) is 25.1 Å². The predicted octanol–water partition coefficient (Wildman–Crippen LogP) is 4.25. The first-order valence-electron chi connectivity index (χ1n) is 5.17. The number of rotatable bonds is 2. The van der Waals surface area contributed by atoms with Gasteiger partial charge < -0.3 is 0 Å². The summed E-state index contributed by atoms with van der Waals surface area (Å²) in [7, 11) is 0. The molecule has 1 heterocycles. The summed E-state index contributed by atoms with van der Waals surface area (Å²) >= 11 is 3.44. The lowest BCUT2D eigenvalue weighted by Crippen LogP contribution is -1.93. The molecule has 78 valence electrons. The monoisotopic (exact) mass is 263 g/mol. The molecule has 0 amide bonds. The molecule has 0 aliphatic rings. The molecule has 0 spiro atoms. The van der Waals surface area contributed by atoms with Crippen molar-refractivity contribution in [1.29, 1.82) is 0 Å². The standard InChI is InChI=1S/C13H14BrN/c1-9(2)12-5-3-4-10-6-7-11(8-14)15-13(10)12/h3-7,9H,8H2,1-2H3. The van der Waals surface area contributed by atoms with E-state index in [0.717, 1.165) is 16.5 Å². The Bertz CT molecular complexity index is 477. The third kappa shape index (κ3) is 2.05. The maximum Gasteiger partial charge on any atom is 0.0740 e. The molecule has 0 saturated carbocycles. The first kappa shape index (κ1) is 10.6. The molecule has 1 aromatic carbocycles. The highest BCUT2D eigenvalue weighted by Crippen LogP contribution is 2.24. The molecule has 0 saturated heterocycles. The summed E-state index contributed by atoms with van der Waals surface area (Å²) in [5.41, 5.74) is 3.57. The fraction of sp³-hybridized carbons (Fsp3) is 0.308. The lowest BCUT2D eigenvalue weighted by atomic mass is 10.00. The largest absolute Gasteiger partial charge is 0.252 e. The summed E-state index contributed by atoms with van der Waals surface area (Å²) in [5, 5.41) is 2.04. The van der Waals surface area contributed by atoms with Crippen LogP contribution in [0, 0.1) is 0 Å². The van der Waals surface area contributed by atoms with E-state index in [0.29, 0.717) is 5.92 Å². The van der Waals surface area contributed by atoms with Crippen molar-refractivity contribution in [3.05, 3.63) is 41.6 Å². The van der Waals surface area contributed by atoms with Gasteiger partial charge in [0.1, 0.15) is 0 Å². The number of fused-ring (bicyclic) bond motifs is 1. The van der Waals surface area contributed by atoms with Crippen LogP contribution in [0.5, 0.6) is 0 Å². The van der Waals surface area contributed by atoms with Gasteiger partial charge in [-0.05, 0) is 17.5 Å². The van der Waals surface area contributed by atoms with Crippen LogP contribution in [0.1, 0.15) is 31.0 Å². The Hall–Kier alpha value is -0.890. The molecule has 0 aliphatic heterocycles. The highest BCUT2D eigenvalue weighted by Gasteiger charge is 2.06. The normalized spacial score (nSPS) is 11.2. The number of alkyl halides is 1. The number of benzene rings is 1. The molecule has 1 aromatic heterocycles. The zero-order valence-electron chi connectivity index (χ0n) is 9.00. The topological polar surface area (TPSA) is 12.9 Å². The van der Waals surface area contributed by atoms with Crippen molar-refractivity contribution in [2.75, 3.05) is 0 Å². The lowest BCUT2D eigenvalue weighted by Gasteiger charge is -2.09. The third-order valence-corrected chi connectivity index (χ3v) is 3.14. The van der Waals surface area contributed by atoms with Crippen LogP contribution in [0.2, 0.25) is 0 Å². The van der Waals surface area contributed by atoms with Crippen LogP contribution in [0.25, 0.3) is 10.9 Å². The Balaban J connectivity index is 2.70. The number of para-hydroxylation sites is 1. The van der Waals surface area contributed by atoms with E-state index in [1.165, 1.54) is 10.9 Å². The van der Waals surface area contributed by atoms with Crippen LogP contribution in [0.4, 0.5) is 0 Å². The summed E-state index contributed by atoms with van der Waals surface area (Å²) in [6, 6.07) is 10.6. The van der Waals surface area contributed by atoms with Crippen molar-refractivity contribution in [3.63, 3.8) is 0 Å². The van der Waals surface area contributed by atoms with Gasteiger partial charge in [0.2, 0.25) is 0 Å². The van der Waals surface area contributed by atoms with Gasteiger partial charge in [-0.1, -0.05) is 54.0 Å². The minimum Gasteiger partial charge on any atom is -0.252 e. The molecule has 0 aliphatic carbocycles. The second kappa shape index (κ2) is 4.31. The average molecular weight is 264 g/mol. The summed E-state index contributed by atoms with van der Waals surface area (Å²) in [6.45, 7) is 4.41. The predicted molar refractivity (Wildman–Crippen MR) is 68.5 cm³/mol. The molecule has 2 heteroatoms. The van der Waals surface area contributed by atoms with Gasteiger partial charge in [-0.25, -0.2) is 0 Å². The lowest BCUT2D eigenvalue weighted by molar-refractivity contribution is 0.872. The highest BCUT2D eigenvalue weighted by molar-refractivity contribution is 9.08. The van der Waals surface area contributed by atoms with E-state index >= 15 is 0 Å². The first-order valence-corrected chi connectivity index (χ1v) is 6.29. The molecule has 0 atom stereocenters. The van der Waals surface area contributed by atoms with E-state index in [9.17, 15) is 0 Å². The van der Waals surface area contributed by atoms with Crippen molar-refractivity contribution in [2.24, 2.45) is 0 Å². The maximum absolute atomic E-state index is 4.67. The zero-order chi connectivity index (χ0) is 10.8. The van der Waals surface area contributed by atoms with Crippen molar-refractivity contribution in [1.82, 2.24) is 4.98 Å². The number of pyridine rings is 1. The van der Waals surface area contributed by atoms with Crippen LogP contribution < -0.4 is 0 Å². The van der Waals surface area contributed by atoms with Crippen LogP contribution in [-0.2, 0) is 5.33 Å². The Labute approximate surface area is 98.7 Å². The minimum atomic E-state index is 0.520. The molecular weight excluding hydrogens is 250 g/mol. The van der Waals surface area contributed by atoms with E-state index in [4.69, 9.17) is 0 Å². The van der Waals surface area contributed by atoms with Crippen molar-refractivity contribution < 1.29 is 0 Å². The quantitative estimate of drug-likeness (QED) is 0.739. The highest BCUT2D eigenvalue weighted by atomic mass is 79.9. The summed E-state index contributed by atoms with van der Waals surface area (Å²) in [6.07, 6.45) is 0. The van der Waals surface area contributed by atoms with E-state index in [1.54, 1.807) is 0 Å². The maximum atomic E-state index is 4.67. The molecule has 0 N–H and O–H groups in total. The van der Waals surface area contributed by atoms with Crippen LogP contribution in [-0.4, -0.2) is 4.98 Å². The van der Waals surface area contributed by atoms with Gasteiger partial charge >= 0.3 is 0 Å². The van der Waals surface area contributed by atoms with E-state index in [-0.39, 0.29) is 0 Å². The second-order valence-corrected chi connectivity index (χ2v) is 4.57. The van der Waals surface area contributed by atoms with Crippen molar-refractivity contribution in [3.8, 4) is 0 Å². The van der Waals surface area contributed by atoms with Gasteiger partial charge in [0.25, 0.3) is 0 Å². The number of aromatic nitrogens is 1. The number of hydrogen-bond donors (Lipinski definition) is 0. The molecule has 0 bridgehead atoms. The minimum absolute atomic E-state index is 0.520. The Morgan fingerprint density at radius 2 is 2.00 bits per heavy atom. The fourth-order valence-electron chi connectivity index (χ4n) is 1.75. The van der Waals surface area contributed by atoms with Gasteiger partial charge in [-0.3, -0.25) is 4.98 Å². The van der Waals surface area contributed by atoms with Gasteiger partial charge in [-0.15, -0.1) is 0 Å². The Morgan fingerprint density at radius 3 is 2.67 bits per heavy atom. The third-order valence-electron chi connectivity index (χ3n) is 2.57. The van der Waals surface area contributed by atoms with Gasteiger partial charge in [-0.2, -0.15) is 0 Å². The Morgan fingerprint density at radius 1 is 1.20 bits per heavy atom. The van der Waals surface area contributed by atoms with Gasteiger partial charge in [0, 0.05) is 10.7 Å². The number of hydrogen-bond acceptors (Lipinski definition) is 1. The fourth-order valence-corrected chi connectivity index (χ4v) is 2.06. The van der Waals surface area contributed by atoms with Gasteiger partial charge in [0.15, 0.2) is 0 Å². The SMILES string of the molecule is CC(C)c1cccc2ccc(CBr)nc12. The second-order valence-electron chi connectivity index (χ2n) is 4.01. The number of nitrogens with zero attached hydrogens (tertiary/aromatic N) is 1. The summed E-state index contributed by atoms with van der Waals surface area (Å²) in [5.74, 6) is 0.520. The molecular formula is C13H14BrN.